The molecule has 1 saturated carbocycles. The number of amides is 1. The highest BCUT2D eigenvalue weighted by Crippen LogP contribution is 2.39. The monoisotopic (exact) mass is 407 g/mol. The molecule has 0 aliphatic heterocycles. The van der Waals surface area contributed by atoms with Crippen molar-refractivity contribution in [2.75, 3.05) is 0 Å². The summed E-state index contributed by atoms with van der Waals surface area (Å²) in [5.74, 6) is 0.839. The van der Waals surface area contributed by atoms with Gasteiger partial charge in [-0.1, -0.05) is 0 Å². The molecule has 0 spiro atoms. The first-order valence-electron chi connectivity index (χ1n) is 8.73. The van der Waals surface area contributed by atoms with E-state index >= 15 is 0 Å². The smallest absolute Gasteiger partial charge is 0.389 e. The van der Waals surface area contributed by atoms with Crippen molar-refractivity contribution in [3.8, 4) is 17.5 Å². The van der Waals surface area contributed by atoms with E-state index in [0.29, 0.717) is 11.5 Å². The molecule has 0 radical (unpaired) electrons. The molecular formula is C19H20F3N5O2. The number of primary amides is 1. The molecule has 29 heavy (non-hydrogen) atoms. The maximum absolute atomic E-state index is 11.3. The van der Waals surface area contributed by atoms with Crippen LogP contribution in [0.25, 0.3) is 17.1 Å². The number of carbonyl (C=O) groups is 1. The van der Waals surface area contributed by atoms with E-state index in [1.54, 1.807) is 22.8 Å². The fourth-order valence-corrected chi connectivity index (χ4v) is 2.54. The zero-order valence-corrected chi connectivity index (χ0v) is 15.9. The van der Waals surface area contributed by atoms with Crippen molar-refractivity contribution in [1.29, 1.82) is 5.26 Å². The number of alkyl halides is 3. The van der Waals surface area contributed by atoms with Gasteiger partial charge < -0.3 is 10.2 Å². The number of nitrogens with two attached hydrogens (primary N) is 1. The summed E-state index contributed by atoms with van der Waals surface area (Å²) in [5.41, 5.74) is 7.68. The molecule has 1 fully saturated rings. The highest BCUT2D eigenvalue weighted by molar-refractivity contribution is 5.59. The van der Waals surface area contributed by atoms with Crippen LogP contribution >= 0.6 is 0 Å². The fourth-order valence-electron chi connectivity index (χ4n) is 2.54. The summed E-state index contributed by atoms with van der Waals surface area (Å²) >= 11 is 0. The Morgan fingerprint density at radius 1 is 1.38 bits per heavy atom. The van der Waals surface area contributed by atoms with Crippen LogP contribution < -0.4 is 5.73 Å². The van der Waals surface area contributed by atoms with E-state index in [1.807, 2.05) is 26.0 Å². The molecular weight excluding hydrogens is 387 g/mol. The number of rotatable bonds is 2. The maximum atomic E-state index is 11.3. The quantitative estimate of drug-likeness (QED) is 0.647. The van der Waals surface area contributed by atoms with Crippen LogP contribution in [0.5, 0.6) is 0 Å². The summed E-state index contributed by atoms with van der Waals surface area (Å²) in [6.07, 6.45) is -0.894. The van der Waals surface area contributed by atoms with E-state index in [0.717, 1.165) is 29.7 Å². The van der Waals surface area contributed by atoms with Crippen LogP contribution in [0.3, 0.4) is 0 Å². The highest BCUT2D eigenvalue weighted by Gasteiger charge is 2.36. The van der Waals surface area contributed by atoms with Crippen LogP contribution in [-0.4, -0.2) is 27.2 Å². The number of nitrogens with zero attached hydrogens (tertiary/aromatic N) is 4. The standard InChI is InChI=1S/C13H10N4O.C5H7F3.CH3NO/c1-8-5-11(12-4-3-10(6-14)18-12)16-17-9(2)7-15-13(8)17;6-5(7,8)3-4-1-2-4;2-1-3/h3-5,7H,1-2H3;4H,1-3H2;1H,(H2,2,3). The molecule has 3 heterocycles. The lowest BCUT2D eigenvalue weighted by molar-refractivity contribution is -0.138. The van der Waals surface area contributed by atoms with E-state index in [9.17, 15) is 13.2 Å². The van der Waals surface area contributed by atoms with Crippen molar-refractivity contribution in [3.05, 3.63) is 41.4 Å². The molecule has 1 aliphatic carbocycles. The van der Waals surface area contributed by atoms with Crippen molar-refractivity contribution in [1.82, 2.24) is 14.6 Å². The summed E-state index contributed by atoms with van der Waals surface area (Å²) in [5, 5.41) is 13.2. The van der Waals surface area contributed by atoms with Crippen LogP contribution in [0.2, 0.25) is 0 Å². The van der Waals surface area contributed by atoms with Gasteiger partial charge in [-0.05, 0) is 56.4 Å². The van der Waals surface area contributed by atoms with Gasteiger partial charge in [0.15, 0.2) is 11.4 Å². The van der Waals surface area contributed by atoms with Gasteiger partial charge in [0, 0.05) is 6.42 Å². The van der Waals surface area contributed by atoms with Crippen molar-refractivity contribution in [2.24, 2.45) is 11.7 Å². The van der Waals surface area contributed by atoms with Gasteiger partial charge in [-0.2, -0.15) is 23.5 Å². The Morgan fingerprint density at radius 3 is 2.52 bits per heavy atom. The SMILES string of the molecule is Cc1cc(-c2ccc(C#N)o2)nn2c(C)cnc12.FC(F)(F)CC1CC1.NC=O. The summed E-state index contributed by atoms with van der Waals surface area (Å²) in [7, 11) is 0. The zero-order chi connectivity index (χ0) is 21.6. The van der Waals surface area contributed by atoms with Crippen LogP contribution in [0.4, 0.5) is 13.2 Å². The minimum atomic E-state index is -3.92. The molecule has 10 heteroatoms. The van der Waals surface area contributed by atoms with Gasteiger partial charge >= 0.3 is 6.18 Å². The molecule has 4 rings (SSSR count). The van der Waals surface area contributed by atoms with E-state index in [2.05, 4.69) is 15.8 Å². The second-order valence-corrected chi connectivity index (χ2v) is 6.52. The van der Waals surface area contributed by atoms with Crippen LogP contribution in [0.15, 0.2) is 28.8 Å². The number of aryl methyl sites for hydroxylation is 2. The lowest BCUT2D eigenvalue weighted by atomic mass is 10.2. The number of furan rings is 1. The molecule has 0 aromatic carbocycles. The number of imidazole rings is 1. The second-order valence-electron chi connectivity index (χ2n) is 6.52. The topological polar surface area (TPSA) is 110 Å². The van der Waals surface area contributed by atoms with E-state index in [1.165, 1.54) is 0 Å². The predicted octanol–water partition coefficient (Wildman–Crippen LogP) is 3.93. The van der Waals surface area contributed by atoms with Crippen molar-refractivity contribution < 1.29 is 22.4 Å². The molecule has 3 aromatic rings. The maximum Gasteiger partial charge on any atom is 0.389 e. The number of hydrogen-bond donors (Lipinski definition) is 1. The summed E-state index contributed by atoms with van der Waals surface area (Å²) in [6.45, 7) is 3.92. The third kappa shape index (κ3) is 6.34. The second kappa shape index (κ2) is 9.23. The Bertz CT molecular complexity index is 1010. The first-order chi connectivity index (χ1) is 13.7. The molecule has 0 bridgehead atoms. The van der Waals surface area contributed by atoms with E-state index < -0.39 is 12.6 Å². The molecule has 1 aliphatic rings. The average molecular weight is 407 g/mol. The number of hydrogen-bond acceptors (Lipinski definition) is 5. The minimum absolute atomic E-state index is 0.0324. The summed E-state index contributed by atoms with van der Waals surface area (Å²) < 4.78 is 41.2. The summed E-state index contributed by atoms with van der Waals surface area (Å²) in [4.78, 5) is 12.9. The van der Waals surface area contributed by atoms with Gasteiger partial charge in [-0.3, -0.25) is 4.79 Å². The third-order valence-corrected chi connectivity index (χ3v) is 4.01. The van der Waals surface area contributed by atoms with Crippen LogP contribution in [-0.2, 0) is 4.79 Å². The Labute approximate surface area is 164 Å². The van der Waals surface area contributed by atoms with Gasteiger partial charge in [0.1, 0.15) is 11.8 Å². The number of carbonyl (C=O) groups excluding carboxylic acids is 1. The van der Waals surface area contributed by atoms with E-state index in [4.69, 9.17) is 14.5 Å². The van der Waals surface area contributed by atoms with Crippen LogP contribution in [0.1, 0.15) is 36.3 Å². The molecule has 154 valence electrons. The van der Waals surface area contributed by atoms with Gasteiger partial charge in [0.05, 0.1) is 11.9 Å². The first kappa shape index (κ1) is 21.9. The molecule has 3 aromatic heterocycles. The molecule has 2 N–H and O–H groups in total. The number of fused-ring (bicyclic) bond motifs is 1. The van der Waals surface area contributed by atoms with Crippen molar-refractivity contribution in [2.45, 2.75) is 39.3 Å². The summed E-state index contributed by atoms with van der Waals surface area (Å²) in [6, 6.07) is 7.25. The Morgan fingerprint density at radius 2 is 2.03 bits per heavy atom. The highest BCUT2D eigenvalue weighted by atomic mass is 19.4. The average Bonchev–Trinajstić information content (AvgIpc) is 3.17. The third-order valence-electron chi connectivity index (χ3n) is 4.01. The van der Waals surface area contributed by atoms with Crippen LogP contribution in [0, 0.1) is 31.1 Å². The van der Waals surface area contributed by atoms with Crippen molar-refractivity contribution >= 4 is 12.1 Å². The van der Waals surface area contributed by atoms with E-state index in [-0.39, 0.29) is 18.1 Å². The first-order valence-corrected chi connectivity index (χ1v) is 8.73. The Balaban J connectivity index is 0.000000228. The lowest BCUT2D eigenvalue weighted by Gasteiger charge is -2.02. The fraction of sp³-hybridized carbons (Fsp3) is 0.368. The zero-order valence-electron chi connectivity index (χ0n) is 15.9. The normalized spacial score (nSPS) is 13.0. The number of nitriles is 1. The number of halogens is 3. The molecule has 7 nitrogen and oxygen atoms in total. The number of aromatic nitrogens is 3. The van der Waals surface area contributed by atoms with Gasteiger partial charge in [-0.15, -0.1) is 0 Å². The van der Waals surface area contributed by atoms with Gasteiger partial charge in [0.2, 0.25) is 12.2 Å². The molecule has 1 amide bonds. The molecule has 0 unspecified atom stereocenters. The predicted molar refractivity (Wildman–Crippen MR) is 98.5 cm³/mol. The lowest BCUT2D eigenvalue weighted by Crippen LogP contribution is -2.07. The van der Waals surface area contributed by atoms with Crippen molar-refractivity contribution in [3.63, 3.8) is 0 Å². The molecule has 0 saturated heterocycles. The molecule has 0 atom stereocenters. The largest absolute Gasteiger partial charge is 0.444 e. The Hall–Kier alpha value is -3.35. The minimum Gasteiger partial charge on any atom is -0.444 e. The van der Waals surface area contributed by atoms with Gasteiger partial charge in [-0.25, -0.2) is 9.50 Å². The Kier molecular flexibility index (Phi) is 6.98. The van der Waals surface area contributed by atoms with Gasteiger partial charge in [0.25, 0.3) is 0 Å².